The zero-order valence-electron chi connectivity index (χ0n) is 10.7. The first-order chi connectivity index (χ1) is 9.83. The molecule has 0 atom stereocenters. The minimum atomic E-state index is -4.22. The molecule has 0 aliphatic carbocycles. The van der Waals surface area contributed by atoms with E-state index in [1.54, 1.807) is 0 Å². The molecule has 4 nitrogen and oxygen atoms in total. The maximum Gasteiger partial charge on any atom is 0.264 e. The van der Waals surface area contributed by atoms with Crippen LogP contribution in [0.25, 0.3) is 0 Å². The Balaban J connectivity index is 2.37. The van der Waals surface area contributed by atoms with Crippen molar-refractivity contribution >= 4 is 27.3 Å². The summed E-state index contributed by atoms with van der Waals surface area (Å²) in [6.45, 7) is 0. The van der Waals surface area contributed by atoms with Crippen LogP contribution >= 0.6 is 11.6 Å². The number of hydrogen-bond acceptors (Lipinski definition) is 3. The summed E-state index contributed by atoms with van der Waals surface area (Å²) < 4.78 is 57.6. The molecule has 0 amide bonds. The van der Waals surface area contributed by atoms with Gasteiger partial charge in [-0.15, -0.1) is 0 Å². The van der Waals surface area contributed by atoms with Crippen LogP contribution in [0.3, 0.4) is 0 Å². The van der Waals surface area contributed by atoms with Gasteiger partial charge in [-0.2, -0.15) is 0 Å². The fourth-order valence-corrected chi connectivity index (χ4v) is 3.01. The van der Waals surface area contributed by atoms with Crippen molar-refractivity contribution in [1.82, 2.24) is 0 Å². The Kier molecular flexibility index (Phi) is 4.34. The summed E-state index contributed by atoms with van der Waals surface area (Å²) in [5.41, 5.74) is 0.0567. The van der Waals surface area contributed by atoms with Crippen LogP contribution in [-0.4, -0.2) is 15.5 Å². The van der Waals surface area contributed by atoms with Crippen LogP contribution in [0.15, 0.2) is 41.3 Å². The van der Waals surface area contributed by atoms with E-state index < -0.39 is 26.6 Å². The lowest BCUT2D eigenvalue weighted by Gasteiger charge is -2.11. The van der Waals surface area contributed by atoms with Crippen molar-refractivity contribution in [2.75, 3.05) is 11.8 Å². The van der Waals surface area contributed by atoms with Gasteiger partial charge in [0.05, 0.1) is 17.8 Å². The van der Waals surface area contributed by atoms with Crippen molar-refractivity contribution in [1.29, 1.82) is 0 Å². The molecule has 0 radical (unpaired) electrons. The smallest absolute Gasteiger partial charge is 0.264 e. The second-order valence-electron chi connectivity index (χ2n) is 4.03. The molecular weight excluding hydrogens is 324 g/mol. The van der Waals surface area contributed by atoms with Gasteiger partial charge in [0.1, 0.15) is 22.3 Å². The lowest BCUT2D eigenvalue weighted by molar-refractivity contribution is 0.415. The topological polar surface area (TPSA) is 55.4 Å². The summed E-state index contributed by atoms with van der Waals surface area (Å²) in [7, 11) is -2.79. The molecule has 21 heavy (non-hydrogen) atoms. The number of nitrogens with one attached hydrogen (secondary N) is 1. The van der Waals surface area contributed by atoms with E-state index in [9.17, 15) is 17.2 Å². The lowest BCUT2D eigenvalue weighted by atomic mass is 10.3. The number of ether oxygens (including phenoxy) is 1. The Morgan fingerprint density at radius 2 is 1.86 bits per heavy atom. The number of rotatable bonds is 4. The first-order valence-electron chi connectivity index (χ1n) is 5.65. The van der Waals surface area contributed by atoms with Gasteiger partial charge in [-0.1, -0.05) is 11.6 Å². The van der Waals surface area contributed by atoms with Gasteiger partial charge in [0.25, 0.3) is 10.0 Å². The highest BCUT2D eigenvalue weighted by atomic mass is 35.5. The second kappa shape index (κ2) is 5.87. The number of anilines is 1. The third-order valence-corrected chi connectivity index (χ3v) is 4.32. The number of methoxy groups -OCH3 is 1. The highest BCUT2D eigenvalue weighted by molar-refractivity contribution is 7.92. The Bertz CT molecular complexity index is 781. The molecule has 8 heteroatoms. The van der Waals surface area contributed by atoms with E-state index >= 15 is 0 Å². The number of sulfonamides is 1. The van der Waals surface area contributed by atoms with Crippen LogP contribution in [0.5, 0.6) is 5.75 Å². The van der Waals surface area contributed by atoms with Crippen molar-refractivity contribution in [3.63, 3.8) is 0 Å². The molecule has 0 saturated carbocycles. The quantitative estimate of drug-likeness (QED) is 0.932. The van der Waals surface area contributed by atoms with Crippen LogP contribution in [-0.2, 0) is 10.0 Å². The second-order valence-corrected chi connectivity index (χ2v) is 6.08. The lowest BCUT2D eigenvalue weighted by Crippen LogP contribution is -2.15. The van der Waals surface area contributed by atoms with Crippen LogP contribution in [0.2, 0.25) is 5.02 Å². The molecule has 0 unspecified atom stereocenters. The highest BCUT2D eigenvalue weighted by Gasteiger charge is 2.20. The van der Waals surface area contributed by atoms with Crippen LogP contribution < -0.4 is 9.46 Å². The SMILES string of the molecule is COc1ccc(NS(=O)(=O)c2ccc(F)cc2F)c(Cl)c1. The highest BCUT2D eigenvalue weighted by Crippen LogP contribution is 2.29. The van der Waals surface area contributed by atoms with Crippen molar-refractivity contribution in [2.24, 2.45) is 0 Å². The summed E-state index contributed by atoms with van der Waals surface area (Å²) in [5.74, 6) is -1.61. The summed E-state index contributed by atoms with van der Waals surface area (Å²) in [5, 5.41) is 0.0837. The van der Waals surface area contributed by atoms with E-state index in [-0.39, 0.29) is 10.7 Å². The molecule has 0 heterocycles. The fourth-order valence-electron chi connectivity index (χ4n) is 1.60. The normalized spacial score (nSPS) is 11.2. The molecule has 2 aromatic rings. The van der Waals surface area contributed by atoms with Crippen LogP contribution in [0.1, 0.15) is 0 Å². The number of hydrogen-bond donors (Lipinski definition) is 1. The summed E-state index contributed by atoms with van der Waals surface area (Å²) in [6, 6.07) is 6.45. The van der Waals surface area contributed by atoms with E-state index in [1.165, 1.54) is 25.3 Å². The van der Waals surface area contributed by atoms with Crippen LogP contribution in [0, 0.1) is 11.6 Å². The molecular formula is C13H10ClF2NO3S. The third-order valence-electron chi connectivity index (χ3n) is 2.60. The van der Waals surface area contributed by atoms with E-state index in [4.69, 9.17) is 16.3 Å². The molecule has 112 valence electrons. The Morgan fingerprint density at radius 1 is 1.14 bits per heavy atom. The minimum absolute atomic E-state index is 0.0567. The van der Waals surface area contributed by atoms with E-state index in [0.29, 0.717) is 11.8 Å². The summed E-state index contributed by atoms with van der Waals surface area (Å²) >= 11 is 5.91. The monoisotopic (exact) mass is 333 g/mol. The van der Waals surface area contributed by atoms with Crippen molar-refractivity contribution < 1.29 is 21.9 Å². The summed E-state index contributed by atoms with van der Waals surface area (Å²) in [4.78, 5) is -0.671. The van der Waals surface area contributed by atoms with Gasteiger partial charge in [0.2, 0.25) is 0 Å². The molecule has 0 fully saturated rings. The first kappa shape index (κ1) is 15.5. The van der Waals surface area contributed by atoms with E-state index in [2.05, 4.69) is 4.72 Å². The molecule has 0 bridgehead atoms. The fraction of sp³-hybridized carbons (Fsp3) is 0.0769. The maximum absolute atomic E-state index is 13.6. The minimum Gasteiger partial charge on any atom is -0.497 e. The largest absolute Gasteiger partial charge is 0.497 e. The zero-order valence-corrected chi connectivity index (χ0v) is 12.3. The van der Waals surface area contributed by atoms with Gasteiger partial charge in [0, 0.05) is 12.1 Å². The number of halogens is 3. The van der Waals surface area contributed by atoms with Gasteiger partial charge in [0.15, 0.2) is 0 Å². The van der Waals surface area contributed by atoms with Crippen LogP contribution in [0.4, 0.5) is 14.5 Å². The Hall–Kier alpha value is -1.86. The molecule has 0 aliphatic heterocycles. The zero-order chi connectivity index (χ0) is 15.6. The van der Waals surface area contributed by atoms with Gasteiger partial charge >= 0.3 is 0 Å². The molecule has 2 rings (SSSR count). The van der Waals surface area contributed by atoms with Gasteiger partial charge in [-0.05, 0) is 24.3 Å². The molecule has 0 spiro atoms. The van der Waals surface area contributed by atoms with Gasteiger partial charge in [-0.3, -0.25) is 4.72 Å². The van der Waals surface area contributed by atoms with Crippen molar-refractivity contribution in [2.45, 2.75) is 4.90 Å². The van der Waals surface area contributed by atoms with Gasteiger partial charge in [-0.25, -0.2) is 17.2 Å². The predicted molar refractivity (Wildman–Crippen MR) is 75.2 cm³/mol. The first-order valence-corrected chi connectivity index (χ1v) is 7.51. The van der Waals surface area contributed by atoms with Gasteiger partial charge < -0.3 is 4.74 Å². The van der Waals surface area contributed by atoms with Crippen molar-refractivity contribution in [3.05, 3.63) is 53.1 Å². The molecule has 0 aromatic heterocycles. The number of benzene rings is 2. The maximum atomic E-state index is 13.6. The molecule has 1 N–H and O–H groups in total. The van der Waals surface area contributed by atoms with E-state index in [0.717, 1.165) is 12.1 Å². The Morgan fingerprint density at radius 3 is 2.43 bits per heavy atom. The molecule has 0 saturated heterocycles. The third kappa shape index (κ3) is 3.43. The van der Waals surface area contributed by atoms with Crippen molar-refractivity contribution in [3.8, 4) is 5.75 Å². The predicted octanol–water partition coefficient (Wildman–Crippen LogP) is 3.43. The Labute approximate surface area is 125 Å². The summed E-state index contributed by atoms with van der Waals surface area (Å²) in [6.07, 6.45) is 0. The molecule has 0 aliphatic rings. The molecule has 2 aromatic carbocycles. The average Bonchev–Trinajstić information content (AvgIpc) is 2.40. The standard InChI is InChI=1S/C13H10ClF2NO3S/c1-20-9-3-4-12(10(14)7-9)17-21(18,19)13-5-2-8(15)6-11(13)16/h2-7,17H,1H3. The average molecular weight is 334 g/mol. The van der Waals surface area contributed by atoms with E-state index in [1.807, 2.05) is 0 Å².